The summed E-state index contributed by atoms with van der Waals surface area (Å²) in [6.45, 7) is 8.36. The van der Waals surface area contributed by atoms with E-state index in [1.165, 1.54) is 11.1 Å². The van der Waals surface area contributed by atoms with Gasteiger partial charge in [-0.15, -0.1) is 0 Å². The van der Waals surface area contributed by atoms with E-state index in [4.69, 9.17) is 4.55 Å². The van der Waals surface area contributed by atoms with E-state index in [0.717, 1.165) is 31.3 Å². The van der Waals surface area contributed by atoms with Crippen molar-refractivity contribution in [3.63, 3.8) is 0 Å². The minimum absolute atomic E-state index is 0.131. The predicted molar refractivity (Wildman–Crippen MR) is 99.2 cm³/mol. The van der Waals surface area contributed by atoms with Gasteiger partial charge in [-0.1, -0.05) is 34.9 Å². The molecule has 0 aromatic carbocycles. The van der Waals surface area contributed by atoms with Gasteiger partial charge in [0, 0.05) is 5.75 Å². The summed E-state index contributed by atoms with van der Waals surface area (Å²) in [7, 11) is -4.00. The van der Waals surface area contributed by atoms with E-state index in [9.17, 15) is 8.42 Å². The van der Waals surface area contributed by atoms with Gasteiger partial charge < -0.3 is 0 Å². The van der Waals surface area contributed by atoms with Crippen molar-refractivity contribution in [2.75, 3.05) is 5.75 Å². The minimum atomic E-state index is -4.00. The Morgan fingerprint density at radius 1 is 1.00 bits per heavy atom. The Morgan fingerprint density at radius 2 is 1.50 bits per heavy atom. The van der Waals surface area contributed by atoms with E-state index in [1.807, 2.05) is 13.0 Å². The molecule has 0 saturated heterocycles. The van der Waals surface area contributed by atoms with Crippen LogP contribution in [0.1, 0.15) is 59.8 Å². The highest BCUT2D eigenvalue weighted by Crippen LogP contribution is 2.14. The minimum Gasteiger partial charge on any atom is -0.285 e. The van der Waals surface area contributed by atoms with Crippen molar-refractivity contribution in [3.8, 4) is 0 Å². The van der Waals surface area contributed by atoms with Crippen LogP contribution in [-0.2, 0) is 10.1 Å². The number of rotatable bonds is 10. The molecular formula is C17H30O3S2. The number of thiol groups is 1. The van der Waals surface area contributed by atoms with Gasteiger partial charge in [-0.2, -0.15) is 21.0 Å². The molecule has 0 rings (SSSR count). The Labute approximate surface area is 141 Å². The lowest BCUT2D eigenvalue weighted by Gasteiger charge is -2.08. The van der Waals surface area contributed by atoms with Gasteiger partial charge in [-0.25, -0.2) is 0 Å². The molecule has 0 aliphatic carbocycles. The van der Waals surface area contributed by atoms with Gasteiger partial charge in [0.25, 0.3) is 10.1 Å². The third-order valence-electron chi connectivity index (χ3n) is 3.48. The summed E-state index contributed by atoms with van der Waals surface area (Å²) < 4.78 is 31.2. The summed E-state index contributed by atoms with van der Waals surface area (Å²) in [6.07, 6.45) is 10.7. The van der Waals surface area contributed by atoms with E-state index in [-0.39, 0.29) is 5.75 Å². The lowest BCUT2D eigenvalue weighted by atomic mass is 10.1. The van der Waals surface area contributed by atoms with Crippen LogP contribution >= 0.6 is 12.6 Å². The Bertz CT molecular complexity index is 510. The molecule has 22 heavy (non-hydrogen) atoms. The van der Waals surface area contributed by atoms with Crippen LogP contribution in [0.3, 0.4) is 0 Å². The highest BCUT2D eigenvalue weighted by molar-refractivity contribution is 7.88. The van der Waals surface area contributed by atoms with Crippen LogP contribution < -0.4 is 0 Å². The summed E-state index contributed by atoms with van der Waals surface area (Å²) in [5, 5.41) is -0.813. The number of allylic oxidation sites excluding steroid dienone is 6. The molecule has 0 aromatic rings. The summed E-state index contributed by atoms with van der Waals surface area (Å²) >= 11 is 3.97. The summed E-state index contributed by atoms with van der Waals surface area (Å²) in [4.78, 5) is 0. The Hall–Kier alpha value is -0.520. The molecule has 0 saturated carbocycles. The molecule has 0 aromatic heterocycles. The van der Waals surface area contributed by atoms with Gasteiger partial charge >= 0.3 is 0 Å². The van der Waals surface area contributed by atoms with Gasteiger partial charge in [-0.05, 0) is 59.8 Å². The fourth-order valence-electron chi connectivity index (χ4n) is 1.96. The average molecular weight is 347 g/mol. The van der Waals surface area contributed by atoms with Crippen LogP contribution in [0.2, 0.25) is 0 Å². The maximum Gasteiger partial charge on any atom is 0.268 e. The molecule has 0 spiro atoms. The molecule has 3 nitrogen and oxygen atoms in total. The first-order valence-corrected chi connectivity index (χ1v) is 9.82. The van der Waals surface area contributed by atoms with E-state index < -0.39 is 15.4 Å². The molecule has 0 fully saturated rings. The zero-order chi connectivity index (χ0) is 17.2. The summed E-state index contributed by atoms with van der Waals surface area (Å²) in [5.74, 6) is 0.131. The smallest absolute Gasteiger partial charge is 0.268 e. The molecule has 0 aliphatic heterocycles. The molecule has 0 heterocycles. The van der Waals surface area contributed by atoms with E-state index in [2.05, 4.69) is 45.6 Å². The zero-order valence-corrected chi connectivity index (χ0v) is 15.9. The normalized spacial score (nSPS) is 14.8. The molecule has 0 amide bonds. The molecule has 5 heteroatoms. The Kier molecular flexibility index (Phi) is 10.8. The van der Waals surface area contributed by atoms with Crippen LogP contribution in [0, 0.1) is 0 Å². The van der Waals surface area contributed by atoms with Gasteiger partial charge in [0.2, 0.25) is 0 Å². The summed E-state index contributed by atoms with van der Waals surface area (Å²) in [6, 6.07) is 0. The fraction of sp³-hybridized carbons (Fsp3) is 0.647. The first-order valence-electron chi connectivity index (χ1n) is 7.68. The van der Waals surface area contributed by atoms with Gasteiger partial charge in [0.15, 0.2) is 0 Å². The zero-order valence-electron chi connectivity index (χ0n) is 14.2. The predicted octanol–water partition coefficient (Wildman–Crippen LogP) is 4.98. The topological polar surface area (TPSA) is 54.4 Å². The van der Waals surface area contributed by atoms with Crippen molar-refractivity contribution >= 4 is 22.7 Å². The number of hydrogen-bond acceptors (Lipinski definition) is 3. The monoisotopic (exact) mass is 346 g/mol. The average Bonchev–Trinajstić information content (AvgIpc) is 2.37. The molecule has 0 radical (unpaired) electrons. The highest BCUT2D eigenvalue weighted by atomic mass is 32.2. The second kappa shape index (κ2) is 11.1. The van der Waals surface area contributed by atoms with Gasteiger partial charge in [0.1, 0.15) is 0 Å². The van der Waals surface area contributed by atoms with E-state index in [1.54, 1.807) is 0 Å². The second-order valence-electron chi connectivity index (χ2n) is 6.02. The second-order valence-corrected chi connectivity index (χ2v) is 8.08. The van der Waals surface area contributed by atoms with E-state index >= 15 is 0 Å². The van der Waals surface area contributed by atoms with Crippen molar-refractivity contribution in [1.29, 1.82) is 0 Å². The molecule has 0 bridgehead atoms. The first-order chi connectivity index (χ1) is 10.2. The quantitative estimate of drug-likeness (QED) is 0.333. The van der Waals surface area contributed by atoms with Crippen LogP contribution in [0.25, 0.3) is 0 Å². The van der Waals surface area contributed by atoms with Gasteiger partial charge in [0.05, 0.1) is 5.25 Å². The third kappa shape index (κ3) is 11.1. The molecule has 1 atom stereocenters. The van der Waals surface area contributed by atoms with E-state index in [0.29, 0.717) is 6.42 Å². The maximum absolute atomic E-state index is 11.1. The first kappa shape index (κ1) is 21.5. The lowest BCUT2D eigenvalue weighted by molar-refractivity contribution is 0.471. The number of hydrogen-bond donors (Lipinski definition) is 2. The van der Waals surface area contributed by atoms with Crippen molar-refractivity contribution in [2.45, 2.75) is 65.0 Å². The molecule has 128 valence electrons. The molecular weight excluding hydrogens is 316 g/mol. The van der Waals surface area contributed by atoms with Crippen molar-refractivity contribution in [3.05, 3.63) is 34.9 Å². The lowest BCUT2D eigenvalue weighted by Crippen LogP contribution is -2.21. The SMILES string of the molecule is CC(C)=CCCC(C)=CCCC(C)=CCC(CS)S(=O)(=O)O. The highest BCUT2D eigenvalue weighted by Gasteiger charge is 2.19. The van der Waals surface area contributed by atoms with Crippen LogP contribution in [-0.4, -0.2) is 24.0 Å². The van der Waals surface area contributed by atoms with Crippen LogP contribution in [0.4, 0.5) is 0 Å². The Morgan fingerprint density at radius 3 is 1.95 bits per heavy atom. The van der Waals surface area contributed by atoms with Crippen molar-refractivity contribution in [2.24, 2.45) is 0 Å². The molecule has 0 aliphatic rings. The molecule has 1 N–H and O–H groups in total. The third-order valence-corrected chi connectivity index (χ3v) is 5.37. The van der Waals surface area contributed by atoms with Crippen LogP contribution in [0.5, 0.6) is 0 Å². The van der Waals surface area contributed by atoms with Crippen molar-refractivity contribution < 1.29 is 13.0 Å². The largest absolute Gasteiger partial charge is 0.285 e. The van der Waals surface area contributed by atoms with Crippen LogP contribution in [0.15, 0.2) is 34.9 Å². The molecule has 1 unspecified atom stereocenters. The fourth-order valence-corrected chi connectivity index (χ4v) is 3.20. The Balaban J connectivity index is 4.24. The standard InChI is InChI=1S/C17H30O3S2/c1-14(2)7-5-8-15(3)9-6-10-16(4)11-12-17(13-21)22(18,19)20/h7,9,11,17,21H,5-6,8,10,12-13H2,1-4H3,(H,18,19,20). The summed E-state index contributed by atoms with van der Waals surface area (Å²) in [5.41, 5.74) is 3.88. The van der Waals surface area contributed by atoms with Crippen molar-refractivity contribution in [1.82, 2.24) is 0 Å². The van der Waals surface area contributed by atoms with Gasteiger partial charge in [-0.3, -0.25) is 4.55 Å². The maximum atomic E-state index is 11.1.